The highest BCUT2D eigenvalue weighted by molar-refractivity contribution is 5.89. The summed E-state index contributed by atoms with van der Waals surface area (Å²) in [4.78, 5) is 18.3. The van der Waals surface area contributed by atoms with Crippen LogP contribution in [-0.4, -0.2) is 48.9 Å². The molecule has 0 aromatic heterocycles. The van der Waals surface area contributed by atoms with E-state index in [4.69, 9.17) is 0 Å². The fraction of sp³-hybridized carbons (Fsp3) is 0.458. The van der Waals surface area contributed by atoms with Gasteiger partial charge in [0.05, 0.1) is 0 Å². The normalized spacial score (nSPS) is 22.1. The van der Waals surface area contributed by atoms with Crippen LogP contribution < -0.4 is 5.32 Å². The molecule has 2 aliphatic rings. The Hall–Kier alpha value is -2.17. The van der Waals surface area contributed by atoms with Crippen LogP contribution in [0, 0.1) is 13.8 Å². The predicted octanol–water partition coefficient (Wildman–Crippen LogP) is 3.01. The maximum Gasteiger partial charge on any atom is 0.247 e. The van der Waals surface area contributed by atoms with Crippen LogP contribution in [0.25, 0.3) is 0 Å². The summed E-state index contributed by atoms with van der Waals surface area (Å²) in [5.41, 5.74) is 5.72. The first-order valence-electron chi connectivity index (χ1n) is 10.4. The highest BCUT2D eigenvalue weighted by Gasteiger charge is 2.50. The van der Waals surface area contributed by atoms with E-state index >= 15 is 0 Å². The minimum Gasteiger partial charge on any atom is -0.340 e. The number of aryl methyl sites for hydroxylation is 3. The Balaban J connectivity index is 1.68. The molecule has 1 saturated heterocycles. The SMILES string of the molecule is Cc1cc(C)cc(CN(C)C(=O)C2(N3CCNCC3)CCc3ccccc32)c1. The van der Waals surface area contributed by atoms with Crippen molar-refractivity contribution < 1.29 is 4.79 Å². The summed E-state index contributed by atoms with van der Waals surface area (Å²) in [7, 11) is 1.96. The van der Waals surface area contributed by atoms with Crippen LogP contribution in [-0.2, 0) is 23.3 Å². The number of hydrogen-bond donors (Lipinski definition) is 1. The molecule has 0 spiro atoms. The highest BCUT2D eigenvalue weighted by Crippen LogP contribution is 2.43. The van der Waals surface area contributed by atoms with Gasteiger partial charge in [-0.3, -0.25) is 9.69 Å². The van der Waals surface area contributed by atoms with E-state index in [1.807, 2.05) is 11.9 Å². The zero-order valence-electron chi connectivity index (χ0n) is 17.3. The number of fused-ring (bicyclic) bond motifs is 1. The van der Waals surface area contributed by atoms with Gasteiger partial charge in [0.2, 0.25) is 5.91 Å². The van der Waals surface area contributed by atoms with Gasteiger partial charge in [-0.25, -0.2) is 0 Å². The fourth-order valence-electron chi connectivity index (χ4n) is 5.15. The standard InChI is InChI=1S/C24H31N3O/c1-18-14-19(2)16-20(15-18)17-26(3)23(28)24(27-12-10-25-11-13-27)9-8-21-6-4-5-7-22(21)24/h4-7,14-16,25H,8-13,17H2,1-3H3. The van der Waals surface area contributed by atoms with Crippen LogP contribution in [0.15, 0.2) is 42.5 Å². The molecule has 28 heavy (non-hydrogen) atoms. The average molecular weight is 378 g/mol. The van der Waals surface area contributed by atoms with Crippen molar-refractivity contribution in [3.8, 4) is 0 Å². The number of piperazine rings is 1. The third kappa shape index (κ3) is 3.36. The fourth-order valence-corrected chi connectivity index (χ4v) is 5.15. The Morgan fingerprint density at radius 3 is 2.50 bits per heavy atom. The van der Waals surface area contributed by atoms with Crippen LogP contribution in [0.3, 0.4) is 0 Å². The first-order chi connectivity index (χ1) is 13.5. The van der Waals surface area contributed by atoms with Crippen LogP contribution in [0.2, 0.25) is 0 Å². The molecule has 1 aliphatic heterocycles. The van der Waals surface area contributed by atoms with Crippen LogP contribution in [0.1, 0.15) is 34.2 Å². The Labute approximate surface area is 168 Å². The second-order valence-corrected chi connectivity index (χ2v) is 8.41. The third-order valence-electron chi connectivity index (χ3n) is 6.28. The number of carbonyl (C=O) groups excluding carboxylic acids is 1. The summed E-state index contributed by atoms with van der Waals surface area (Å²) in [6.07, 6.45) is 1.85. The zero-order chi connectivity index (χ0) is 19.7. The summed E-state index contributed by atoms with van der Waals surface area (Å²) in [6.45, 7) is 8.60. The van der Waals surface area contributed by atoms with Gasteiger partial charge in [-0.05, 0) is 43.4 Å². The first-order valence-corrected chi connectivity index (χ1v) is 10.4. The lowest BCUT2D eigenvalue weighted by Gasteiger charge is -2.44. The molecular formula is C24H31N3O. The van der Waals surface area contributed by atoms with Gasteiger partial charge in [0.25, 0.3) is 0 Å². The lowest BCUT2D eigenvalue weighted by Crippen LogP contribution is -2.60. The summed E-state index contributed by atoms with van der Waals surface area (Å²) in [6, 6.07) is 15.1. The maximum absolute atomic E-state index is 14.0. The van der Waals surface area contributed by atoms with Crippen molar-refractivity contribution in [2.45, 2.75) is 38.8 Å². The minimum absolute atomic E-state index is 0.235. The van der Waals surface area contributed by atoms with Gasteiger partial charge >= 0.3 is 0 Å². The van der Waals surface area contributed by atoms with E-state index in [0.717, 1.165) is 39.0 Å². The van der Waals surface area contributed by atoms with Crippen molar-refractivity contribution >= 4 is 5.91 Å². The van der Waals surface area contributed by atoms with E-state index in [9.17, 15) is 4.79 Å². The van der Waals surface area contributed by atoms with Crippen LogP contribution in [0.4, 0.5) is 0 Å². The topological polar surface area (TPSA) is 35.6 Å². The monoisotopic (exact) mass is 377 g/mol. The van der Waals surface area contributed by atoms with Crippen LogP contribution >= 0.6 is 0 Å². The Bertz CT molecular complexity index is 852. The maximum atomic E-state index is 14.0. The number of nitrogens with zero attached hydrogens (tertiary/aromatic N) is 2. The van der Waals surface area contributed by atoms with E-state index < -0.39 is 5.54 Å². The number of amides is 1. The molecule has 4 rings (SSSR count). The smallest absolute Gasteiger partial charge is 0.247 e. The first kappa shape index (κ1) is 19.2. The molecule has 4 heteroatoms. The van der Waals surface area contributed by atoms with Gasteiger partial charge in [0.1, 0.15) is 5.54 Å². The Morgan fingerprint density at radius 1 is 1.11 bits per heavy atom. The molecule has 2 aromatic carbocycles. The summed E-state index contributed by atoms with van der Waals surface area (Å²) >= 11 is 0. The van der Waals surface area contributed by atoms with Crippen LogP contribution in [0.5, 0.6) is 0 Å². The Kier molecular flexibility index (Phi) is 5.26. The summed E-state index contributed by atoms with van der Waals surface area (Å²) in [5, 5.41) is 3.43. The number of likely N-dealkylation sites (N-methyl/N-ethyl adjacent to an activating group) is 1. The number of benzene rings is 2. The summed E-state index contributed by atoms with van der Waals surface area (Å²) in [5.74, 6) is 0.235. The van der Waals surface area contributed by atoms with Crippen molar-refractivity contribution in [3.05, 3.63) is 70.3 Å². The van der Waals surface area contributed by atoms with Crippen molar-refractivity contribution in [2.24, 2.45) is 0 Å². The van der Waals surface area contributed by atoms with Gasteiger partial charge in [0.15, 0.2) is 0 Å². The molecule has 1 aliphatic carbocycles. The van der Waals surface area contributed by atoms with Crippen molar-refractivity contribution in [2.75, 3.05) is 33.2 Å². The zero-order valence-corrected chi connectivity index (χ0v) is 17.3. The quantitative estimate of drug-likeness (QED) is 0.890. The highest BCUT2D eigenvalue weighted by atomic mass is 16.2. The van der Waals surface area contributed by atoms with E-state index in [2.05, 4.69) is 66.5 Å². The molecule has 1 unspecified atom stereocenters. The van der Waals surface area contributed by atoms with E-state index in [0.29, 0.717) is 6.54 Å². The molecule has 2 aromatic rings. The molecule has 0 saturated carbocycles. The molecule has 1 amide bonds. The minimum atomic E-state index is -0.522. The van der Waals surface area contributed by atoms with Gasteiger partial charge in [0, 0.05) is 39.8 Å². The molecule has 0 radical (unpaired) electrons. The van der Waals surface area contributed by atoms with E-state index in [-0.39, 0.29) is 5.91 Å². The number of rotatable bonds is 4. The van der Waals surface area contributed by atoms with Crippen molar-refractivity contribution in [1.82, 2.24) is 15.1 Å². The molecule has 1 atom stereocenters. The average Bonchev–Trinajstić information content (AvgIpc) is 3.08. The molecule has 148 valence electrons. The molecular weight excluding hydrogens is 346 g/mol. The number of carbonyl (C=O) groups is 1. The third-order valence-corrected chi connectivity index (χ3v) is 6.28. The number of nitrogens with one attached hydrogen (secondary N) is 1. The molecule has 0 bridgehead atoms. The predicted molar refractivity (Wildman–Crippen MR) is 113 cm³/mol. The second kappa shape index (κ2) is 7.69. The molecule has 1 N–H and O–H groups in total. The number of hydrogen-bond acceptors (Lipinski definition) is 3. The van der Waals surface area contributed by atoms with E-state index in [1.165, 1.54) is 27.8 Å². The molecule has 4 nitrogen and oxygen atoms in total. The second-order valence-electron chi connectivity index (χ2n) is 8.41. The van der Waals surface area contributed by atoms with Gasteiger partial charge < -0.3 is 10.2 Å². The molecule has 1 fully saturated rings. The summed E-state index contributed by atoms with van der Waals surface area (Å²) < 4.78 is 0. The Morgan fingerprint density at radius 2 is 1.79 bits per heavy atom. The van der Waals surface area contributed by atoms with Crippen molar-refractivity contribution in [3.63, 3.8) is 0 Å². The van der Waals surface area contributed by atoms with Crippen molar-refractivity contribution in [1.29, 1.82) is 0 Å². The lowest BCUT2D eigenvalue weighted by atomic mass is 9.87. The largest absolute Gasteiger partial charge is 0.340 e. The van der Waals surface area contributed by atoms with Gasteiger partial charge in [-0.2, -0.15) is 0 Å². The van der Waals surface area contributed by atoms with E-state index in [1.54, 1.807) is 0 Å². The molecule has 1 heterocycles. The van der Waals surface area contributed by atoms with Gasteiger partial charge in [-0.15, -0.1) is 0 Å². The lowest BCUT2D eigenvalue weighted by molar-refractivity contribution is -0.145. The van der Waals surface area contributed by atoms with Gasteiger partial charge in [-0.1, -0.05) is 53.6 Å².